The standard InChI is InChI=1S/C17H22N2O6S/c1-24-9-10-26(22,23)18-14-4-3-13-7-8-19(16(13)11-14)12-15(20)5-6-17(21)25-2/h3-4,7-8,11,18H,5-6,9-10,12H2,1-2H3. The highest BCUT2D eigenvalue weighted by Crippen LogP contribution is 2.21. The van der Waals surface area contributed by atoms with Crippen molar-refractivity contribution in [2.24, 2.45) is 0 Å². The molecule has 8 nitrogen and oxygen atoms in total. The van der Waals surface area contributed by atoms with Crippen LogP contribution in [0.4, 0.5) is 5.69 Å². The van der Waals surface area contributed by atoms with E-state index >= 15 is 0 Å². The zero-order valence-electron chi connectivity index (χ0n) is 14.7. The fourth-order valence-electron chi connectivity index (χ4n) is 2.42. The third-order valence-electron chi connectivity index (χ3n) is 3.79. The fraction of sp³-hybridized carbons (Fsp3) is 0.412. The molecule has 0 amide bonds. The van der Waals surface area contributed by atoms with E-state index in [-0.39, 0.29) is 37.5 Å². The third-order valence-corrected chi connectivity index (χ3v) is 5.04. The van der Waals surface area contributed by atoms with Gasteiger partial charge in [0, 0.05) is 19.7 Å². The Kier molecular flexibility index (Phi) is 6.76. The summed E-state index contributed by atoms with van der Waals surface area (Å²) in [5.74, 6) is -0.684. The maximum atomic E-state index is 12.1. The average molecular weight is 382 g/mol. The normalized spacial score (nSPS) is 11.5. The van der Waals surface area contributed by atoms with Crippen LogP contribution in [0.2, 0.25) is 0 Å². The molecule has 26 heavy (non-hydrogen) atoms. The smallest absolute Gasteiger partial charge is 0.305 e. The Labute approximate surface area is 152 Å². The summed E-state index contributed by atoms with van der Waals surface area (Å²) < 4.78 is 37.5. The number of hydrogen-bond donors (Lipinski definition) is 1. The number of fused-ring (bicyclic) bond motifs is 1. The first-order valence-electron chi connectivity index (χ1n) is 8.01. The first kappa shape index (κ1) is 19.9. The molecule has 0 saturated heterocycles. The molecule has 1 N–H and O–H groups in total. The lowest BCUT2D eigenvalue weighted by Gasteiger charge is -2.09. The molecule has 2 aromatic rings. The summed E-state index contributed by atoms with van der Waals surface area (Å²) in [6.45, 7) is 0.197. The van der Waals surface area contributed by atoms with E-state index in [0.29, 0.717) is 5.69 Å². The predicted molar refractivity (Wildman–Crippen MR) is 97.5 cm³/mol. The number of nitrogens with one attached hydrogen (secondary N) is 1. The van der Waals surface area contributed by atoms with E-state index in [4.69, 9.17) is 4.74 Å². The number of ketones is 1. The zero-order valence-corrected chi connectivity index (χ0v) is 15.5. The van der Waals surface area contributed by atoms with Crippen LogP contribution >= 0.6 is 0 Å². The predicted octanol–water partition coefficient (Wildman–Crippen LogP) is 1.55. The minimum atomic E-state index is -3.51. The second kappa shape index (κ2) is 8.81. The molecule has 1 heterocycles. The third kappa shape index (κ3) is 5.57. The van der Waals surface area contributed by atoms with Crippen molar-refractivity contribution in [1.29, 1.82) is 0 Å². The van der Waals surface area contributed by atoms with Crippen molar-refractivity contribution in [2.75, 3.05) is 31.3 Å². The van der Waals surface area contributed by atoms with Crippen molar-refractivity contribution < 1.29 is 27.5 Å². The van der Waals surface area contributed by atoms with Crippen LogP contribution in [0.15, 0.2) is 30.5 Å². The van der Waals surface area contributed by atoms with E-state index in [1.165, 1.54) is 14.2 Å². The minimum absolute atomic E-state index is 0.0408. The zero-order chi connectivity index (χ0) is 19.2. The number of esters is 1. The highest BCUT2D eigenvalue weighted by Gasteiger charge is 2.13. The van der Waals surface area contributed by atoms with Gasteiger partial charge in [0.15, 0.2) is 5.78 Å². The number of ether oxygens (including phenoxy) is 2. The lowest BCUT2D eigenvalue weighted by atomic mass is 10.2. The molecule has 0 atom stereocenters. The molecule has 0 radical (unpaired) electrons. The van der Waals surface area contributed by atoms with E-state index in [0.717, 1.165) is 10.9 Å². The second-order valence-corrected chi connectivity index (χ2v) is 7.59. The van der Waals surface area contributed by atoms with E-state index in [1.807, 2.05) is 6.07 Å². The molecule has 0 aliphatic carbocycles. The number of methoxy groups -OCH3 is 2. The number of Topliss-reactive ketones (excluding diaryl/α,β-unsaturated/α-hetero) is 1. The van der Waals surface area contributed by atoms with Gasteiger partial charge >= 0.3 is 5.97 Å². The van der Waals surface area contributed by atoms with Crippen LogP contribution in [0.3, 0.4) is 0 Å². The number of hydrogen-bond acceptors (Lipinski definition) is 6. The molecular formula is C17H22N2O6S. The Hall–Kier alpha value is -2.39. The highest BCUT2D eigenvalue weighted by molar-refractivity contribution is 7.92. The lowest BCUT2D eigenvalue weighted by Crippen LogP contribution is -2.19. The summed E-state index contributed by atoms with van der Waals surface area (Å²) in [5.41, 5.74) is 1.14. The molecule has 9 heteroatoms. The van der Waals surface area contributed by atoms with Crippen LogP contribution in [0.1, 0.15) is 12.8 Å². The molecule has 1 aromatic carbocycles. The number of benzene rings is 1. The number of carbonyl (C=O) groups is 2. The Morgan fingerprint density at radius 2 is 1.92 bits per heavy atom. The molecule has 0 aliphatic rings. The molecule has 0 spiro atoms. The molecule has 0 bridgehead atoms. The Morgan fingerprint density at radius 3 is 2.62 bits per heavy atom. The summed E-state index contributed by atoms with van der Waals surface area (Å²) in [5, 5.41) is 0.880. The highest BCUT2D eigenvalue weighted by atomic mass is 32.2. The van der Waals surface area contributed by atoms with Crippen LogP contribution in [-0.2, 0) is 35.6 Å². The number of nitrogens with zero attached hydrogens (tertiary/aromatic N) is 1. The van der Waals surface area contributed by atoms with Gasteiger partial charge in [0.1, 0.15) is 0 Å². The van der Waals surface area contributed by atoms with Gasteiger partial charge in [0.25, 0.3) is 0 Å². The molecule has 0 fully saturated rings. The van der Waals surface area contributed by atoms with Gasteiger partial charge < -0.3 is 14.0 Å². The largest absolute Gasteiger partial charge is 0.469 e. The molecule has 0 aliphatic heterocycles. The van der Waals surface area contributed by atoms with E-state index < -0.39 is 16.0 Å². The van der Waals surface area contributed by atoms with Crippen molar-refractivity contribution in [3.63, 3.8) is 0 Å². The van der Waals surface area contributed by atoms with Crippen molar-refractivity contribution in [3.05, 3.63) is 30.5 Å². The van der Waals surface area contributed by atoms with Gasteiger partial charge in [-0.3, -0.25) is 14.3 Å². The Bertz CT molecular complexity index is 888. The van der Waals surface area contributed by atoms with Crippen molar-refractivity contribution in [3.8, 4) is 0 Å². The first-order valence-corrected chi connectivity index (χ1v) is 9.66. The molecule has 0 saturated carbocycles. The minimum Gasteiger partial charge on any atom is -0.469 e. The number of sulfonamides is 1. The lowest BCUT2D eigenvalue weighted by molar-refractivity contribution is -0.142. The van der Waals surface area contributed by atoms with Crippen LogP contribution in [-0.4, -0.2) is 51.3 Å². The van der Waals surface area contributed by atoms with Gasteiger partial charge in [-0.1, -0.05) is 6.07 Å². The summed E-state index contributed by atoms with van der Waals surface area (Å²) >= 11 is 0. The van der Waals surface area contributed by atoms with Crippen LogP contribution in [0, 0.1) is 0 Å². The Morgan fingerprint density at radius 1 is 1.15 bits per heavy atom. The number of aromatic nitrogens is 1. The Balaban J connectivity index is 2.12. The van der Waals surface area contributed by atoms with Gasteiger partial charge in [-0.25, -0.2) is 8.42 Å². The van der Waals surface area contributed by atoms with Gasteiger partial charge in [-0.05, 0) is 23.6 Å². The monoisotopic (exact) mass is 382 g/mol. The number of anilines is 1. The summed E-state index contributed by atoms with van der Waals surface area (Å²) in [7, 11) is -0.793. The van der Waals surface area contributed by atoms with Gasteiger partial charge in [-0.15, -0.1) is 0 Å². The number of rotatable bonds is 10. The fourth-order valence-corrected chi connectivity index (χ4v) is 3.40. The van der Waals surface area contributed by atoms with E-state index in [1.54, 1.807) is 29.0 Å². The quantitative estimate of drug-likeness (QED) is 0.625. The topological polar surface area (TPSA) is 104 Å². The summed E-state index contributed by atoms with van der Waals surface area (Å²) in [4.78, 5) is 23.2. The van der Waals surface area contributed by atoms with Crippen LogP contribution < -0.4 is 4.72 Å². The molecular weight excluding hydrogens is 360 g/mol. The van der Waals surface area contributed by atoms with Gasteiger partial charge in [0.2, 0.25) is 10.0 Å². The number of carbonyl (C=O) groups excluding carboxylic acids is 2. The van der Waals surface area contributed by atoms with E-state index in [9.17, 15) is 18.0 Å². The molecule has 2 rings (SSSR count). The first-order chi connectivity index (χ1) is 12.3. The summed E-state index contributed by atoms with van der Waals surface area (Å²) in [6, 6.07) is 6.95. The van der Waals surface area contributed by atoms with Gasteiger partial charge in [0.05, 0.1) is 43.6 Å². The summed E-state index contributed by atoms with van der Waals surface area (Å²) in [6.07, 6.45) is 1.89. The second-order valence-electron chi connectivity index (χ2n) is 5.75. The van der Waals surface area contributed by atoms with E-state index in [2.05, 4.69) is 9.46 Å². The molecule has 0 unspecified atom stereocenters. The maximum absolute atomic E-state index is 12.1. The average Bonchev–Trinajstić information content (AvgIpc) is 2.99. The van der Waals surface area contributed by atoms with Crippen LogP contribution in [0.25, 0.3) is 10.9 Å². The van der Waals surface area contributed by atoms with Crippen molar-refractivity contribution in [2.45, 2.75) is 19.4 Å². The molecule has 142 valence electrons. The SMILES string of the molecule is COCCS(=O)(=O)Nc1ccc2ccn(CC(=O)CCC(=O)OC)c2c1. The van der Waals surface area contributed by atoms with Crippen molar-refractivity contribution >= 4 is 38.4 Å². The van der Waals surface area contributed by atoms with Crippen LogP contribution in [0.5, 0.6) is 0 Å². The van der Waals surface area contributed by atoms with Crippen molar-refractivity contribution in [1.82, 2.24) is 4.57 Å². The van der Waals surface area contributed by atoms with Gasteiger partial charge in [-0.2, -0.15) is 0 Å². The molecule has 1 aromatic heterocycles. The maximum Gasteiger partial charge on any atom is 0.305 e.